The molecule has 0 N–H and O–H groups in total. The van der Waals surface area contributed by atoms with Gasteiger partial charge in [-0.25, -0.2) is 4.79 Å². The van der Waals surface area contributed by atoms with Crippen molar-refractivity contribution in [2.24, 2.45) is 0 Å². The van der Waals surface area contributed by atoms with E-state index in [9.17, 15) is 9.59 Å². The molecule has 1 fully saturated rings. The standard InChI is InChI=1S/C17H16ClNO4S/c1-11(20)19-14(10-24-16(19)15-3-2-8-22-15)17(21)23-9-12-4-6-13(18)7-5-12/h2-8,14,16H,9-10H2,1H3/t14-,16+/m1/s1. The summed E-state index contributed by atoms with van der Waals surface area (Å²) < 4.78 is 10.8. The number of hydrogen-bond acceptors (Lipinski definition) is 5. The number of esters is 1. The van der Waals surface area contributed by atoms with E-state index < -0.39 is 12.0 Å². The topological polar surface area (TPSA) is 59.8 Å². The number of carbonyl (C=O) groups excluding carboxylic acids is 2. The number of furan rings is 1. The molecular formula is C17H16ClNO4S. The second kappa shape index (κ2) is 7.32. The highest BCUT2D eigenvalue weighted by Gasteiger charge is 2.43. The lowest BCUT2D eigenvalue weighted by atomic mass is 10.2. The van der Waals surface area contributed by atoms with Crippen molar-refractivity contribution in [1.82, 2.24) is 4.90 Å². The fraction of sp³-hybridized carbons (Fsp3) is 0.294. The van der Waals surface area contributed by atoms with Crippen molar-refractivity contribution in [2.75, 3.05) is 5.75 Å². The summed E-state index contributed by atoms with van der Waals surface area (Å²) in [6, 6.07) is 10.0. The van der Waals surface area contributed by atoms with Gasteiger partial charge in [-0.3, -0.25) is 4.79 Å². The predicted octanol–water partition coefficient (Wildman–Crippen LogP) is 3.64. The smallest absolute Gasteiger partial charge is 0.330 e. The van der Waals surface area contributed by atoms with Crippen molar-refractivity contribution >= 4 is 35.2 Å². The Bertz CT molecular complexity index is 717. The number of thioether (sulfide) groups is 1. The van der Waals surface area contributed by atoms with Gasteiger partial charge < -0.3 is 14.1 Å². The molecule has 0 aliphatic carbocycles. The van der Waals surface area contributed by atoms with Crippen LogP contribution in [-0.4, -0.2) is 28.6 Å². The van der Waals surface area contributed by atoms with Crippen molar-refractivity contribution in [3.05, 3.63) is 59.0 Å². The maximum absolute atomic E-state index is 12.4. The van der Waals surface area contributed by atoms with E-state index in [1.54, 1.807) is 42.7 Å². The lowest BCUT2D eigenvalue weighted by Gasteiger charge is -2.25. The minimum atomic E-state index is -0.616. The van der Waals surface area contributed by atoms with Gasteiger partial charge >= 0.3 is 5.97 Å². The second-order valence-corrected chi connectivity index (χ2v) is 6.93. The molecule has 3 rings (SSSR count). The third kappa shape index (κ3) is 3.60. The Morgan fingerprint density at radius 1 is 1.33 bits per heavy atom. The van der Waals surface area contributed by atoms with Crippen LogP contribution < -0.4 is 0 Å². The van der Waals surface area contributed by atoms with Gasteiger partial charge in [0, 0.05) is 17.7 Å². The summed E-state index contributed by atoms with van der Waals surface area (Å²) in [5, 5.41) is 0.326. The summed E-state index contributed by atoms with van der Waals surface area (Å²) in [4.78, 5) is 26.0. The van der Waals surface area contributed by atoms with Gasteiger partial charge in [-0.1, -0.05) is 23.7 Å². The van der Waals surface area contributed by atoms with Gasteiger partial charge in [0.05, 0.1) is 6.26 Å². The number of ether oxygens (including phenoxy) is 1. The molecule has 2 aromatic rings. The van der Waals surface area contributed by atoms with E-state index in [0.717, 1.165) is 5.56 Å². The first-order valence-electron chi connectivity index (χ1n) is 7.41. The molecule has 5 nitrogen and oxygen atoms in total. The predicted molar refractivity (Wildman–Crippen MR) is 91.5 cm³/mol. The average molecular weight is 366 g/mol. The molecule has 2 heterocycles. The molecule has 1 aliphatic heterocycles. The highest BCUT2D eigenvalue weighted by molar-refractivity contribution is 7.99. The molecule has 1 aromatic carbocycles. The van der Waals surface area contributed by atoms with Gasteiger partial charge in [-0.15, -0.1) is 11.8 Å². The molecule has 0 radical (unpaired) electrons. The van der Waals surface area contributed by atoms with Crippen LogP contribution in [0.15, 0.2) is 47.1 Å². The van der Waals surface area contributed by atoms with Crippen molar-refractivity contribution in [3.8, 4) is 0 Å². The molecule has 126 valence electrons. The zero-order valence-electron chi connectivity index (χ0n) is 13.0. The lowest BCUT2D eigenvalue weighted by molar-refractivity contribution is -0.154. The van der Waals surface area contributed by atoms with Gasteiger partial charge in [-0.2, -0.15) is 0 Å². The van der Waals surface area contributed by atoms with E-state index in [1.165, 1.54) is 23.6 Å². The third-order valence-corrected chi connectivity index (χ3v) is 5.25. The Morgan fingerprint density at radius 3 is 2.71 bits per heavy atom. The number of rotatable bonds is 4. The van der Waals surface area contributed by atoms with E-state index in [-0.39, 0.29) is 17.9 Å². The number of hydrogen-bond donors (Lipinski definition) is 0. The van der Waals surface area contributed by atoms with Crippen molar-refractivity contribution in [3.63, 3.8) is 0 Å². The highest BCUT2D eigenvalue weighted by atomic mass is 35.5. The van der Waals surface area contributed by atoms with Gasteiger partial charge in [0.2, 0.25) is 5.91 Å². The van der Waals surface area contributed by atoms with Gasteiger partial charge in [0.15, 0.2) is 0 Å². The van der Waals surface area contributed by atoms with Crippen LogP contribution in [0.4, 0.5) is 0 Å². The van der Waals surface area contributed by atoms with Crippen LogP contribution in [0.2, 0.25) is 5.02 Å². The zero-order valence-corrected chi connectivity index (χ0v) is 14.5. The quantitative estimate of drug-likeness (QED) is 0.774. The maximum atomic E-state index is 12.4. The molecule has 1 aromatic heterocycles. The van der Waals surface area contributed by atoms with E-state index >= 15 is 0 Å². The second-order valence-electron chi connectivity index (χ2n) is 5.38. The Balaban J connectivity index is 1.67. The molecular weight excluding hydrogens is 350 g/mol. The summed E-state index contributed by atoms with van der Waals surface area (Å²) in [5.41, 5.74) is 0.843. The van der Waals surface area contributed by atoms with E-state index in [4.69, 9.17) is 20.8 Å². The first-order valence-corrected chi connectivity index (χ1v) is 8.84. The Morgan fingerprint density at radius 2 is 2.08 bits per heavy atom. The summed E-state index contributed by atoms with van der Waals surface area (Å²) >= 11 is 7.32. The monoisotopic (exact) mass is 365 g/mol. The Hall–Kier alpha value is -1.92. The zero-order chi connectivity index (χ0) is 17.1. The summed E-state index contributed by atoms with van der Waals surface area (Å²) in [5.74, 6) is 0.532. The van der Waals surface area contributed by atoms with Crippen molar-refractivity contribution < 1.29 is 18.7 Å². The van der Waals surface area contributed by atoms with Crippen LogP contribution in [-0.2, 0) is 20.9 Å². The molecule has 2 atom stereocenters. The highest BCUT2D eigenvalue weighted by Crippen LogP contribution is 2.41. The first kappa shape index (κ1) is 16.9. The summed E-state index contributed by atoms with van der Waals surface area (Å²) in [6.45, 7) is 1.59. The molecule has 0 spiro atoms. The molecule has 24 heavy (non-hydrogen) atoms. The van der Waals surface area contributed by atoms with Crippen LogP contribution in [0.25, 0.3) is 0 Å². The molecule has 1 saturated heterocycles. The van der Waals surface area contributed by atoms with Crippen LogP contribution in [0.3, 0.4) is 0 Å². The van der Waals surface area contributed by atoms with Crippen LogP contribution >= 0.6 is 23.4 Å². The van der Waals surface area contributed by atoms with E-state index in [1.807, 2.05) is 0 Å². The SMILES string of the molecule is CC(=O)N1[C@@H](C(=O)OCc2ccc(Cl)cc2)CS[C@H]1c1ccco1. The molecule has 1 aliphatic rings. The number of carbonyl (C=O) groups is 2. The maximum Gasteiger partial charge on any atom is 0.330 e. The van der Waals surface area contributed by atoms with Crippen molar-refractivity contribution in [1.29, 1.82) is 0 Å². The summed E-state index contributed by atoms with van der Waals surface area (Å²) in [6.07, 6.45) is 1.56. The minimum Gasteiger partial charge on any atom is -0.466 e. The third-order valence-electron chi connectivity index (χ3n) is 3.72. The number of nitrogens with zero attached hydrogens (tertiary/aromatic N) is 1. The Labute approximate surface area is 148 Å². The number of amides is 1. The van der Waals surface area contributed by atoms with Gasteiger partial charge in [0.1, 0.15) is 23.8 Å². The van der Waals surface area contributed by atoms with Crippen LogP contribution in [0.5, 0.6) is 0 Å². The summed E-state index contributed by atoms with van der Waals surface area (Å²) in [7, 11) is 0. The number of halogens is 1. The first-order chi connectivity index (χ1) is 11.6. The normalized spacial score (nSPS) is 20.2. The van der Waals surface area contributed by atoms with E-state index in [0.29, 0.717) is 16.5 Å². The average Bonchev–Trinajstić information content (AvgIpc) is 3.22. The number of benzene rings is 1. The molecule has 1 amide bonds. The largest absolute Gasteiger partial charge is 0.466 e. The minimum absolute atomic E-state index is 0.147. The lowest BCUT2D eigenvalue weighted by Crippen LogP contribution is -2.42. The Kier molecular flexibility index (Phi) is 5.16. The van der Waals surface area contributed by atoms with E-state index in [2.05, 4.69) is 0 Å². The molecule has 0 saturated carbocycles. The fourth-order valence-electron chi connectivity index (χ4n) is 2.55. The van der Waals surface area contributed by atoms with Crippen LogP contribution in [0, 0.1) is 0 Å². The van der Waals surface area contributed by atoms with Crippen LogP contribution in [0.1, 0.15) is 23.6 Å². The van der Waals surface area contributed by atoms with Gasteiger partial charge in [0.25, 0.3) is 0 Å². The van der Waals surface area contributed by atoms with Gasteiger partial charge in [-0.05, 0) is 29.8 Å². The fourth-order valence-corrected chi connectivity index (χ4v) is 4.10. The molecule has 0 bridgehead atoms. The molecule has 0 unspecified atom stereocenters. The molecule has 7 heteroatoms. The van der Waals surface area contributed by atoms with Crippen molar-refractivity contribution in [2.45, 2.75) is 24.9 Å².